The van der Waals surface area contributed by atoms with E-state index in [0.29, 0.717) is 16.6 Å². The van der Waals surface area contributed by atoms with Gasteiger partial charge in [-0.25, -0.2) is 4.79 Å². The fraction of sp³-hybridized carbons (Fsp3) is 0.357. The topological polar surface area (TPSA) is 113 Å². The zero-order valence-corrected chi connectivity index (χ0v) is 13.9. The van der Waals surface area contributed by atoms with Crippen molar-refractivity contribution in [1.29, 1.82) is 0 Å². The maximum Gasteiger partial charge on any atom is 0.325 e. The number of hydrogen-bond acceptors (Lipinski definition) is 7. The highest BCUT2D eigenvalue weighted by Crippen LogP contribution is 2.21. The molecule has 0 atom stereocenters. The third kappa shape index (κ3) is 3.04. The summed E-state index contributed by atoms with van der Waals surface area (Å²) in [5, 5.41) is 24.0. The molecule has 1 fully saturated rings. The van der Waals surface area contributed by atoms with Crippen molar-refractivity contribution in [2.24, 2.45) is 0 Å². The molecule has 1 aliphatic heterocycles. The maximum absolute atomic E-state index is 12.1. The molecule has 1 aromatic carbocycles. The monoisotopic (exact) mass is 348 g/mol. The van der Waals surface area contributed by atoms with Gasteiger partial charge in [0.2, 0.25) is 5.16 Å². The first-order chi connectivity index (χ1) is 11.4. The Bertz CT molecular complexity index is 773. The summed E-state index contributed by atoms with van der Waals surface area (Å²) < 4.78 is 1.53. The molecule has 126 valence electrons. The predicted octanol–water partition coefficient (Wildman–Crippen LogP) is 0.790. The van der Waals surface area contributed by atoms with Crippen molar-refractivity contribution < 1.29 is 14.7 Å². The molecule has 0 saturated carbocycles. The van der Waals surface area contributed by atoms with Crippen LogP contribution >= 0.6 is 11.8 Å². The lowest BCUT2D eigenvalue weighted by Gasteiger charge is -2.15. The van der Waals surface area contributed by atoms with E-state index in [1.165, 1.54) is 21.3 Å². The van der Waals surface area contributed by atoms with Gasteiger partial charge in [0.05, 0.1) is 5.69 Å². The molecule has 24 heavy (non-hydrogen) atoms. The van der Waals surface area contributed by atoms with Crippen molar-refractivity contribution in [3.63, 3.8) is 0 Å². The van der Waals surface area contributed by atoms with Crippen LogP contribution in [0.2, 0.25) is 0 Å². The number of carbonyl (C=O) groups is 2. The van der Waals surface area contributed by atoms with Crippen LogP contribution in [0.1, 0.15) is 13.8 Å². The van der Waals surface area contributed by atoms with Gasteiger partial charge in [0.1, 0.15) is 11.3 Å². The van der Waals surface area contributed by atoms with Crippen molar-refractivity contribution in [2.75, 3.05) is 12.3 Å². The molecule has 1 saturated heterocycles. The molecule has 2 aromatic rings. The Hall–Kier alpha value is -2.62. The van der Waals surface area contributed by atoms with E-state index in [-0.39, 0.29) is 24.2 Å². The van der Waals surface area contributed by atoms with Crippen LogP contribution < -0.4 is 5.32 Å². The molecule has 0 radical (unpaired) electrons. The van der Waals surface area contributed by atoms with Crippen LogP contribution in [-0.2, 0) is 4.79 Å². The first-order valence-corrected chi connectivity index (χ1v) is 8.22. The standard InChI is InChI=1S/C14H16N6O3S/c1-14(2)11(22)19(12(23)15-14)7-8-24-13-16-17-18-20(13)9-3-5-10(21)6-4-9/h3-6,21H,7-8H2,1-2H3,(H,15,23). The zero-order valence-electron chi connectivity index (χ0n) is 13.1. The Morgan fingerprint density at radius 3 is 2.58 bits per heavy atom. The second kappa shape index (κ2) is 6.11. The summed E-state index contributed by atoms with van der Waals surface area (Å²) in [6.45, 7) is 3.61. The number of amides is 3. The molecule has 1 aromatic heterocycles. The number of imide groups is 1. The van der Waals surface area contributed by atoms with Crippen molar-refractivity contribution in [3.05, 3.63) is 24.3 Å². The number of carbonyl (C=O) groups excluding carboxylic acids is 2. The second-order valence-electron chi connectivity index (χ2n) is 5.75. The van der Waals surface area contributed by atoms with Gasteiger partial charge in [0.15, 0.2) is 0 Å². The van der Waals surface area contributed by atoms with Crippen LogP contribution in [0, 0.1) is 0 Å². The summed E-state index contributed by atoms with van der Waals surface area (Å²) in [7, 11) is 0. The molecule has 0 aliphatic carbocycles. The average Bonchev–Trinajstić information content (AvgIpc) is 3.06. The highest BCUT2D eigenvalue weighted by molar-refractivity contribution is 7.99. The van der Waals surface area contributed by atoms with Gasteiger partial charge in [0.25, 0.3) is 5.91 Å². The van der Waals surface area contributed by atoms with Gasteiger partial charge in [-0.1, -0.05) is 11.8 Å². The molecular weight excluding hydrogens is 332 g/mol. The van der Waals surface area contributed by atoms with Crippen LogP contribution in [0.25, 0.3) is 5.69 Å². The predicted molar refractivity (Wildman–Crippen MR) is 85.9 cm³/mol. The van der Waals surface area contributed by atoms with Crippen LogP contribution in [-0.4, -0.2) is 60.0 Å². The van der Waals surface area contributed by atoms with E-state index in [1.54, 1.807) is 38.1 Å². The lowest BCUT2D eigenvalue weighted by molar-refractivity contribution is -0.130. The van der Waals surface area contributed by atoms with E-state index >= 15 is 0 Å². The Morgan fingerprint density at radius 2 is 1.96 bits per heavy atom. The number of phenolic OH excluding ortho intramolecular Hbond substituents is 1. The van der Waals surface area contributed by atoms with Crippen molar-refractivity contribution in [2.45, 2.75) is 24.5 Å². The normalized spacial score (nSPS) is 16.5. The lowest BCUT2D eigenvalue weighted by atomic mass is 10.1. The SMILES string of the molecule is CC1(C)NC(=O)N(CCSc2nnnn2-c2ccc(O)cc2)C1=O. The highest BCUT2D eigenvalue weighted by atomic mass is 32.2. The molecule has 9 nitrogen and oxygen atoms in total. The third-order valence-electron chi connectivity index (χ3n) is 3.53. The Balaban J connectivity index is 1.64. The van der Waals surface area contributed by atoms with Crippen LogP contribution in [0.3, 0.4) is 0 Å². The van der Waals surface area contributed by atoms with E-state index in [4.69, 9.17) is 0 Å². The number of aromatic nitrogens is 4. The minimum Gasteiger partial charge on any atom is -0.508 e. The molecule has 0 unspecified atom stereocenters. The minimum absolute atomic E-state index is 0.155. The van der Waals surface area contributed by atoms with E-state index < -0.39 is 5.54 Å². The molecule has 2 N–H and O–H groups in total. The van der Waals surface area contributed by atoms with Gasteiger partial charge < -0.3 is 10.4 Å². The second-order valence-corrected chi connectivity index (χ2v) is 6.81. The third-order valence-corrected chi connectivity index (χ3v) is 4.43. The molecule has 0 spiro atoms. The van der Waals surface area contributed by atoms with Crippen molar-refractivity contribution >= 4 is 23.7 Å². The summed E-state index contributed by atoms with van der Waals surface area (Å²) in [4.78, 5) is 25.1. The Morgan fingerprint density at radius 1 is 1.25 bits per heavy atom. The molecule has 3 amide bonds. The lowest BCUT2D eigenvalue weighted by Crippen LogP contribution is -2.40. The number of aromatic hydroxyl groups is 1. The number of phenols is 1. The van der Waals surface area contributed by atoms with Gasteiger partial charge in [-0.05, 0) is 48.5 Å². The molecule has 10 heteroatoms. The van der Waals surface area contributed by atoms with Gasteiger partial charge in [-0.3, -0.25) is 9.69 Å². The summed E-state index contributed by atoms with van der Waals surface area (Å²) in [6, 6.07) is 6.08. The van der Waals surface area contributed by atoms with Gasteiger partial charge in [0, 0.05) is 12.3 Å². The number of hydrogen-bond donors (Lipinski definition) is 2. The molecular formula is C14H16N6O3S. The van der Waals surface area contributed by atoms with E-state index in [9.17, 15) is 14.7 Å². The number of tetrazole rings is 1. The highest BCUT2D eigenvalue weighted by Gasteiger charge is 2.43. The zero-order chi connectivity index (χ0) is 17.3. The summed E-state index contributed by atoms with van der Waals surface area (Å²) in [6.07, 6.45) is 0. The summed E-state index contributed by atoms with van der Waals surface area (Å²) >= 11 is 1.33. The van der Waals surface area contributed by atoms with Gasteiger partial charge in [-0.2, -0.15) is 4.68 Å². The fourth-order valence-corrected chi connectivity index (χ4v) is 3.09. The quantitative estimate of drug-likeness (QED) is 0.606. The fourth-order valence-electron chi connectivity index (χ4n) is 2.27. The number of benzene rings is 1. The van der Waals surface area contributed by atoms with E-state index in [1.807, 2.05) is 0 Å². The number of urea groups is 1. The molecule has 1 aliphatic rings. The Labute approximate surface area is 142 Å². The first kappa shape index (κ1) is 16.2. The van der Waals surface area contributed by atoms with Gasteiger partial charge >= 0.3 is 6.03 Å². The van der Waals surface area contributed by atoms with E-state index in [2.05, 4.69) is 20.8 Å². The van der Waals surface area contributed by atoms with Crippen LogP contribution in [0.5, 0.6) is 5.75 Å². The van der Waals surface area contributed by atoms with E-state index in [0.717, 1.165) is 0 Å². The number of nitrogens with one attached hydrogen (secondary N) is 1. The van der Waals surface area contributed by atoms with Crippen LogP contribution in [0.15, 0.2) is 29.4 Å². The summed E-state index contributed by atoms with van der Waals surface area (Å²) in [5.41, 5.74) is -0.161. The molecule has 3 rings (SSSR count). The minimum atomic E-state index is -0.866. The number of rotatable bonds is 5. The molecule has 0 bridgehead atoms. The average molecular weight is 348 g/mol. The van der Waals surface area contributed by atoms with Crippen molar-refractivity contribution in [3.8, 4) is 11.4 Å². The summed E-state index contributed by atoms with van der Waals surface area (Å²) in [5.74, 6) is 0.377. The van der Waals surface area contributed by atoms with Crippen molar-refractivity contribution in [1.82, 2.24) is 30.4 Å². The largest absolute Gasteiger partial charge is 0.508 e. The smallest absolute Gasteiger partial charge is 0.325 e. The number of thioether (sulfide) groups is 1. The number of nitrogens with zero attached hydrogens (tertiary/aromatic N) is 5. The Kier molecular flexibility index (Phi) is 4.14. The molecule has 2 heterocycles. The van der Waals surface area contributed by atoms with Gasteiger partial charge in [-0.15, -0.1) is 5.10 Å². The van der Waals surface area contributed by atoms with Crippen LogP contribution in [0.4, 0.5) is 4.79 Å². The first-order valence-electron chi connectivity index (χ1n) is 7.23. The maximum atomic E-state index is 12.1.